The van der Waals surface area contributed by atoms with Crippen molar-refractivity contribution in [1.82, 2.24) is 0 Å². The maximum absolute atomic E-state index is 12.6. The fourth-order valence-corrected chi connectivity index (χ4v) is 5.63. The molecule has 0 N–H and O–H groups in total. The lowest BCUT2D eigenvalue weighted by atomic mass is 9.79. The second-order valence-electron chi connectivity index (χ2n) is 11.5. The lowest BCUT2D eigenvalue weighted by Crippen LogP contribution is -2.28. The highest BCUT2D eigenvalue weighted by molar-refractivity contribution is 5.70. The Kier molecular flexibility index (Phi) is 13.6. The van der Waals surface area contributed by atoms with Gasteiger partial charge in [-0.15, -0.1) is 0 Å². The van der Waals surface area contributed by atoms with Gasteiger partial charge in [-0.1, -0.05) is 65.2 Å². The van der Waals surface area contributed by atoms with Crippen molar-refractivity contribution in [2.45, 2.75) is 154 Å². The van der Waals surface area contributed by atoms with Crippen molar-refractivity contribution in [3.05, 3.63) is 0 Å². The van der Waals surface area contributed by atoms with Gasteiger partial charge in [0.15, 0.2) is 0 Å². The van der Waals surface area contributed by atoms with Gasteiger partial charge >= 0.3 is 11.9 Å². The summed E-state index contributed by atoms with van der Waals surface area (Å²) in [5, 5.41) is 0. The molecule has 0 radical (unpaired) electrons. The first-order valence-electron chi connectivity index (χ1n) is 15.2. The molecule has 0 aromatic heterocycles. The summed E-state index contributed by atoms with van der Waals surface area (Å²) in [6.45, 7) is 5.89. The second kappa shape index (κ2) is 16.7. The third kappa shape index (κ3) is 11.9. The number of carbonyl (C=O) groups is 2. The van der Waals surface area contributed by atoms with Crippen LogP contribution >= 0.6 is 0 Å². The maximum atomic E-state index is 12.6. The van der Waals surface area contributed by atoms with Crippen molar-refractivity contribution >= 4 is 11.9 Å². The monoisotopic (exact) mass is 508 g/mol. The zero-order chi connectivity index (χ0) is 25.6. The zero-order valence-electron chi connectivity index (χ0n) is 23.1. The van der Waals surface area contributed by atoms with Crippen LogP contribution in [0.1, 0.15) is 129 Å². The molecule has 1 saturated carbocycles. The van der Waals surface area contributed by atoms with E-state index in [-0.39, 0.29) is 36.4 Å². The van der Waals surface area contributed by atoms with Gasteiger partial charge in [0.1, 0.15) is 24.4 Å². The smallest absolute Gasteiger partial charge is 0.306 e. The fourth-order valence-electron chi connectivity index (χ4n) is 5.63. The molecule has 1 aliphatic carbocycles. The van der Waals surface area contributed by atoms with E-state index in [1.807, 2.05) is 0 Å². The first kappa shape index (κ1) is 29.4. The fraction of sp³-hybridized carbons (Fsp3) is 0.933. The van der Waals surface area contributed by atoms with Crippen LogP contribution in [0.5, 0.6) is 0 Å². The van der Waals surface area contributed by atoms with Crippen LogP contribution in [0.2, 0.25) is 0 Å². The maximum Gasteiger partial charge on any atom is 0.306 e. The van der Waals surface area contributed by atoms with E-state index < -0.39 is 0 Å². The quantitative estimate of drug-likeness (QED) is 0.101. The van der Waals surface area contributed by atoms with Crippen LogP contribution in [0.25, 0.3) is 0 Å². The van der Waals surface area contributed by atoms with Crippen LogP contribution in [0.3, 0.4) is 0 Å². The SMILES string of the molecule is CCCCCCCC(OC(=O)CC1CCC(CC(=O)OC(CCCCCCC)C2CO2)CC1)C1CO1. The van der Waals surface area contributed by atoms with Gasteiger partial charge in [-0.2, -0.15) is 0 Å². The second-order valence-corrected chi connectivity index (χ2v) is 11.5. The normalized spacial score (nSPS) is 26.7. The van der Waals surface area contributed by atoms with Crippen molar-refractivity contribution in [2.24, 2.45) is 11.8 Å². The largest absolute Gasteiger partial charge is 0.459 e. The van der Waals surface area contributed by atoms with Gasteiger partial charge < -0.3 is 18.9 Å². The number of hydrogen-bond acceptors (Lipinski definition) is 6. The van der Waals surface area contributed by atoms with Gasteiger partial charge in [0.2, 0.25) is 0 Å². The molecule has 208 valence electrons. The molecule has 0 spiro atoms. The van der Waals surface area contributed by atoms with E-state index in [1.54, 1.807) is 0 Å². The average Bonchev–Trinajstić information content (AvgIpc) is 3.77. The van der Waals surface area contributed by atoms with Crippen molar-refractivity contribution in [3.8, 4) is 0 Å². The van der Waals surface area contributed by atoms with Gasteiger partial charge in [0, 0.05) is 12.8 Å². The van der Waals surface area contributed by atoms with Crippen LogP contribution in [0.4, 0.5) is 0 Å². The van der Waals surface area contributed by atoms with Gasteiger partial charge in [0.05, 0.1) is 13.2 Å². The molecular formula is C30H52O6. The molecule has 0 bridgehead atoms. The Morgan fingerprint density at radius 2 is 1.00 bits per heavy atom. The van der Waals surface area contributed by atoms with Crippen LogP contribution in [-0.4, -0.2) is 49.6 Å². The molecule has 3 aliphatic rings. The average molecular weight is 509 g/mol. The summed E-state index contributed by atoms with van der Waals surface area (Å²) < 4.78 is 22.6. The van der Waals surface area contributed by atoms with Crippen LogP contribution in [0.15, 0.2) is 0 Å². The third-order valence-corrected chi connectivity index (χ3v) is 8.17. The zero-order valence-corrected chi connectivity index (χ0v) is 23.1. The molecule has 2 aliphatic heterocycles. The van der Waals surface area contributed by atoms with E-state index in [0.717, 1.165) is 64.6 Å². The Hall–Kier alpha value is -1.14. The minimum absolute atomic E-state index is 0.0692. The Labute approximate surface area is 219 Å². The molecule has 3 fully saturated rings. The van der Waals surface area contributed by atoms with Gasteiger partial charge in [-0.05, 0) is 63.2 Å². The molecule has 2 heterocycles. The lowest BCUT2D eigenvalue weighted by molar-refractivity contribution is -0.154. The molecule has 4 atom stereocenters. The minimum Gasteiger partial charge on any atom is -0.459 e. The third-order valence-electron chi connectivity index (χ3n) is 8.17. The number of epoxide rings is 2. The highest BCUT2D eigenvalue weighted by Gasteiger charge is 2.37. The van der Waals surface area contributed by atoms with Crippen LogP contribution in [-0.2, 0) is 28.5 Å². The minimum atomic E-state index is -0.0712. The van der Waals surface area contributed by atoms with Gasteiger partial charge in [0.25, 0.3) is 0 Å². The van der Waals surface area contributed by atoms with Gasteiger partial charge in [-0.25, -0.2) is 0 Å². The number of rotatable bonds is 20. The molecule has 6 nitrogen and oxygen atoms in total. The van der Waals surface area contributed by atoms with Crippen LogP contribution in [0, 0.1) is 11.8 Å². The van der Waals surface area contributed by atoms with Crippen molar-refractivity contribution in [2.75, 3.05) is 13.2 Å². The summed E-state index contributed by atoms with van der Waals surface area (Å²) in [5.74, 6) is 0.591. The van der Waals surface area contributed by atoms with Crippen molar-refractivity contribution in [1.29, 1.82) is 0 Å². The van der Waals surface area contributed by atoms with E-state index >= 15 is 0 Å². The highest BCUT2D eigenvalue weighted by Crippen LogP contribution is 2.34. The van der Waals surface area contributed by atoms with E-state index in [0.29, 0.717) is 24.7 Å². The topological polar surface area (TPSA) is 77.7 Å². The molecule has 0 amide bonds. The Bertz CT molecular complexity index is 567. The summed E-state index contributed by atoms with van der Waals surface area (Å²) in [6, 6.07) is 0. The van der Waals surface area contributed by atoms with E-state index in [4.69, 9.17) is 18.9 Å². The highest BCUT2D eigenvalue weighted by atomic mass is 16.6. The summed E-state index contributed by atoms with van der Waals surface area (Å²) >= 11 is 0. The van der Waals surface area contributed by atoms with Gasteiger partial charge in [-0.3, -0.25) is 9.59 Å². The number of ether oxygens (including phenoxy) is 4. The Morgan fingerprint density at radius 3 is 1.33 bits per heavy atom. The van der Waals surface area contributed by atoms with Crippen molar-refractivity contribution in [3.63, 3.8) is 0 Å². The molecule has 4 unspecified atom stereocenters. The van der Waals surface area contributed by atoms with E-state index in [2.05, 4.69) is 13.8 Å². The standard InChI is InChI=1S/C30H52O6/c1-3-5-7-9-11-13-25(27-21-33-27)35-29(31)19-23-15-17-24(18-16-23)20-30(32)36-26(28-22-34-28)14-12-10-8-6-4-2/h23-28H,3-22H2,1-2H3. The summed E-state index contributed by atoms with van der Waals surface area (Å²) in [5.41, 5.74) is 0. The van der Waals surface area contributed by atoms with E-state index in [1.165, 1.54) is 51.4 Å². The summed E-state index contributed by atoms with van der Waals surface area (Å²) in [7, 11) is 0. The molecule has 0 aromatic rings. The number of unbranched alkanes of at least 4 members (excludes halogenated alkanes) is 8. The predicted molar refractivity (Wildman–Crippen MR) is 141 cm³/mol. The molecule has 3 rings (SSSR count). The van der Waals surface area contributed by atoms with Crippen molar-refractivity contribution < 1.29 is 28.5 Å². The number of esters is 2. The molecule has 36 heavy (non-hydrogen) atoms. The molecule has 0 aromatic carbocycles. The predicted octanol–water partition coefficient (Wildman–Crippen LogP) is 6.92. The Morgan fingerprint density at radius 1 is 0.639 bits per heavy atom. The summed E-state index contributed by atoms with van der Waals surface area (Å²) in [6.07, 6.45) is 19.0. The molecular weight excluding hydrogens is 456 g/mol. The first-order valence-corrected chi connectivity index (χ1v) is 15.2. The number of carbonyl (C=O) groups excluding carboxylic acids is 2. The lowest BCUT2D eigenvalue weighted by Gasteiger charge is -2.28. The first-order chi connectivity index (χ1) is 17.6. The molecule has 6 heteroatoms. The molecule has 2 saturated heterocycles. The van der Waals surface area contributed by atoms with E-state index in [9.17, 15) is 9.59 Å². The summed E-state index contributed by atoms with van der Waals surface area (Å²) in [4.78, 5) is 25.2. The van der Waals surface area contributed by atoms with Crippen LogP contribution < -0.4 is 0 Å². The Balaban J connectivity index is 1.28. The number of hydrogen-bond donors (Lipinski definition) is 0.